The Morgan fingerprint density at radius 1 is 1.00 bits per heavy atom. The van der Waals surface area contributed by atoms with Crippen molar-refractivity contribution >= 4 is 0 Å². The van der Waals surface area contributed by atoms with Crippen molar-refractivity contribution in [3.63, 3.8) is 0 Å². The summed E-state index contributed by atoms with van der Waals surface area (Å²) in [4.78, 5) is 0. The van der Waals surface area contributed by atoms with Crippen molar-refractivity contribution in [3.8, 4) is 5.75 Å². The summed E-state index contributed by atoms with van der Waals surface area (Å²) in [5.41, 5.74) is 0. The molecule has 1 rings (SSSR count). The summed E-state index contributed by atoms with van der Waals surface area (Å²) in [6.45, 7) is 2.96. The smallest absolute Gasteiger partial charge is 0.0902 e. The molecule has 1 nitrogen and oxygen atoms in total. The molecule has 82 valence electrons. The molecule has 0 aliphatic rings. The first-order valence-corrected chi connectivity index (χ1v) is 3.85. The Balaban J connectivity index is 0.00000196. The first kappa shape index (κ1) is 14.5. The van der Waals surface area contributed by atoms with E-state index in [4.69, 9.17) is 0 Å². The van der Waals surface area contributed by atoms with E-state index in [0.717, 1.165) is 0 Å². The average molecular weight is 255 g/mol. The molecule has 6 heteroatoms. The zero-order valence-electron chi connectivity index (χ0n) is 8.00. The molecule has 0 aliphatic carbocycles. The van der Waals surface area contributed by atoms with Gasteiger partial charge in [0.15, 0.2) is 0 Å². The van der Waals surface area contributed by atoms with Crippen molar-refractivity contribution in [2.24, 2.45) is 0 Å². The van der Waals surface area contributed by atoms with Gasteiger partial charge in [-0.05, 0) is 13.8 Å². The Bertz CT molecular complexity index is 328. The Labute approximate surface area is 99.3 Å². The maximum Gasteiger partial charge on any atom is 0.0902 e. The van der Waals surface area contributed by atoms with Crippen LogP contribution in [0.2, 0.25) is 0 Å². The van der Waals surface area contributed by atoms with Crippen LogP contribution in [0.15, 0.2) is 0 Å². The van der Waals surface area contributed by atoms with Crippen LogP contribution in [0.25, 0.3) is 0 Å². The molecule has 0 unspecified atom stereocenters. The summed E-state index contributed by atoms with van der Waals surface area (Å²) < 4.78 is 55.4. The third kappa shape index (κ3) is 3.21. The topological polar surface area (TPSA) is 9.23 Å². The fourth-order valence-electron chi connectivity index (χ4n) is 0.841. The molecule has 0 aromatic heterocycles. The van der Waals surface area contributed by atoms with Crippen LogP contribution in [0.5, 0.6) is 5.75 Å². The van der Waals surface area contributed by atoms with Gasteiger partial charge in [-0.2, -0.15) is 0 Å². The first-order valence-electron chi connectivity index (χ1n) is 3.85. The van der Waals surface area contributed by atoms with Crippen molar-refractivity contribution in [1.29, 1.82) is 0 Å². The van der Waals surface area contributed by atoms with Gasteiger partial charge in [-0.3, -0.25) is 8.78 Å². The summed E-state index contributed by atoms with van der Waals surface area (Å²) >= 11 is 0. The number of hydrogen-bond acceptors (Lipinski definition) is 1. The third-order valence-electron chi connectivity index (χ3n) is 1.36. The number of ether oxygens (including phenoxy) is 1. The van der Waals surface area contributed by atoms with E-state index in [1.807, 2.05) is 0 Å². The van der Waals surface area contributed by atoms with Crippen molar-refractivity contribution in [2.75, 3.05) is 0 Å². The van der Waals surface area contributed by atoms with Crippen LogP contribution in [-0.4, -0.2) is 6.10 Å². The van der Waals surface area contributed by atoms with Gasteiger partial charge in [0.05, 0.1) is 35.1 Å². The molecule has 1 aromatic rings. The van der Waals surface area contributed by atoms with Gasteiger partial charge < -0.3 is 4.74 Å². The molecule has 0 radical (unpaired) electrons. The summed E-state index contributed by atoms with van der Waals surface area (Å²) in [5, 5.41) is 0. The Kier molecular flexibility index (Phi) is 5.31. The standard InChI is InChI=1S/C9H7F4O.Ti/c1-4(2)14-9-7(12)5(10)3-6(11)8(9)13;/h4H,1-2H3;/q-1;. The number of rotatable bonds is 2. The zero-order chi connectivity index (χ0) is 10.9. The van der Waals surface area contributed by atoms with Gasteiger partial charge in [0.25, 0.3) is 0 Å². The summed E-state index contributed by atoms with van der Waals surface area (Å²) in [6.07, 6.45) is -0.583. The van der Waals surface area contributed by atoms with Gasteiger partial charge in [0, 0.05) is 21.7 Å². The second kappa shape index (κ2) is 5.51. The van der Waals surface area contributed by atoms with Crippen molar-refractivity contribution in [1.82, 2.24) is 0 Å². The third-order valence-corrected chi connectivity index (χ3v) is 1.36. The Morgan fingerprint density at radius 2 is 1.40 bits per heavy atom. The van der Waals surface area contributed by atoms with E-state index in [9.17, 15) is 17.6 Å². The first-order chi connectivity index (χ1) is 6.43. The molecule has 15 heavy (non-hydrogen) atoms. The van der Waals surface area contributed by atoms with E-state index in [2.05, 4.69) is 4.74 Å². The molecule has 0 saturated heterocycles. The zero-order valence-corrected chi connectivity index (χ0v) is 9.56. The van der Waals surface area contributed by atoms with Gasteiger partial charge in [-0.25, -0.2) is 8.78 Å². The molecule has 0 heterocycles. The molecule has 0 amide bonds. The van der Waals surface area contributed by atoms with Crippen LogP contribution in [0.3, 0.4) is 0 Å². The van der Waals surface area contributed by atoms with E-state index in [1.165, 1.54) is 19.9 Å². The second-order valence-corrected chi connectivity index (χ2v) is 2.88. The summed E-state index contributed by atoms with van der Waals surface area (Å²) in [5.74, 6) is -7.39. The monoisotopic (exact) mass is 255 g/mol. The molecule has 0 spiro atoms. The molecular weight excluding hydrogens is 248 g/mol. The summed E-state index contributed by atoms with van der Waals surface area (Å²) in [6, 6.07) is 1.26. The van der Waals surface area contributed by atoms with E-state index >= 15 is 0 Å². The van der Waals surface area contributed by atoms with Crippen LogP contribution in [0, 0.1) is 29.3 Å². The molecular formula is C9H7F4OTi-. The quantitative estimate of drug-likeness (QED) is 0.341. The van der Waals surface area contributed by atoms with E-state index in [-0.39, 0.29) is 21.7 Å². The maximum atomic E-state index is 12.9. The van der Waals surface area contributed by atoms with Gasteiger partial charge in [0.1, 0.15) is 0 Å². The minimum absolute atomic E-state index is 0. The van der Waals surface area contributed by atoms with Crippen LogP contribution >= 0.6 is 0 Å². The largest absolute Gasteiger partial charge is 0.510 e. The molecule has 0 saturated carbocycles. The predicted molar refractivity (Wildman–Crippen MR) is 40.9 cm³/mol. The molecule has 0 bridgehead atoms. The number of halogens is 4. The van der Waals surface area contributed by atoms with Crippen molar-refractivity contribution in [2.45, 2.75) is 20.0 Å². The van der Waals surface area contributed by atoms with Crippen LogP contribution in [-0.2, 0) is 21.7 Å². The van der Waals surface area contributed by atoms with E-state index < -0.39 is 35.1 Å². The minimum atomic E-state index is -1.60. The Morgan fingerprint density at radius 3 is 1.73 bits per heavy atom. The SMILES string of the molecule is CC(C)Oc1c(F)c(F)[c-]c(F)c1F.[Ti]. The minimum Gasteiger partial charge on any atom is -0.510 e. The van der Waals surface area contributed by atoms with Gasteiger partial charge >= 0.3 is 0 Å². The molecule has 0 aliphatic heterocycles. The fourth-order valence-corrected chi connectivity index (χ4v) is 0.841. The van der Waals surface area contributed by atoms with E-state index in [1.54, 1.807) is 0 Å². The van der Waals surface area contributed by atoms with Crippen molar-refractivity contribution < 1.29 is 44.0 Å². The predicted octanol–water partition coefficient (Wildman–Crippen LogP) is 2.83. The van der Waals surface area contributed by atoms with Crippen LogP contribution in [0.4, 0.5) is 17.6 Å². The molecule has 1 aromatic carbocycles. The second-order valence-electron chi connectivity index (χ2n) is 2.88. The van der Waals surface area contributed by atoms with Crippen molar-refractivity contribution in [3.05, 3.63) is 29.3 Å². The molecule has 0 fully saturated rings. The normalized spacial score (nSPS) is 10.1. The fraction of sp³-hybridized carbons (Fsp3) is 0.333. The van der Waals surface area contributed by atoms with E-state index in [0.29, 0.717) is 0 Å². The van der Waals surface area contributed by atoms with Crippen LogP contribution in [0.1, 0.15) is 13.8 Å². The van der Waals surface area contributed by atoms with Gasteiger partial charge in [-0.15, -0.1) is 6.07 Å². The van der Waals surface area contributed by atoms with Gasteiger partial charge in [0.2, 0.25) is 0 Å². The molecule has 0 N–H and O–H groups in total. The Hall–Kier alpha value is -0.546. The summed E-state index contributed by atoms with van der Waals surface area (Å²) in [7, 11) is 0. The maximum absolute atomic E-state index is 12.9. The number of hydrogen-bond donors (Lipinski definition) is 0. The van der Waals surface area contributed by atoms with Crippen LogP contribution < -0.4 is 4.74 Å². The average Bonchev–Trinajstić information content (AvgIpc) is 2.09. The molecule has 0 atom stereocenters. The number of benzene rings is 1. The van der Waals surface area contributed by atoms with Gasteiger partial charge in [-0.1, -0.05) is 0 Å².